The molecule has 0 aromatic heterocycles. The molecule has 1 saturated heterocycles. The Hall–Kier alpha value is -4.36. The van der Waals surface area contributed by atoms with E-state index in [2.05, 4.69) is 4.84 Å². The van der Waals surface area contributed by atoms with Crippen LogP contribution in [0.25, 0.3) is 11.1 Å². The van der Waals surface area contributed by atoms with Crippen molar-refractivity contribution in [2.75, 3.05) is 19.6 Å². The van der Waals surface area contributed by atoms with Gasteiger partial charge < -0.3 is 14.5 Å². The van der Waals surface area contributed by atoms with Crippen LogP contribution in [0.3, 0.4) is 0 Å². The third-order valence-corrected chi connectivity index (χ3v) is 9.00. The molecule has 4 aromatic rings. The fourth-order valence-corrected chi connectivity index (χ4v) is 6.38. The highest BCUT2D eigenvalue weighted by atomic mass is 35.5. The fraction of sp³-hybridized carbons (Fsp3) is 0.133. The van der Waals surface area contributed by atoms with Crippen LogP contribution in [-0.4, -0.2) is 55.2 Å². The van der Waals surface area contributed by atoms with E-state index in [1.54, 1.807) is 24.3 Å². The Bertz CT molecular complexity index is 1730. The number of nitrogens with two attached hydrogens (primary N) is 1. The van der Waals surface area contributed by atoms with Gasteiger partial charge in [0, 0.05) is 30.2 Å². The minimum atomic E-state index is -4.67. The SMILES string of the molecule is NOC(=O)[C@H]1CN(C(=O)c2ccc(-c3ccccc3)cc2)CCN1S(=O)(=O)c1cc(F)c(Oc2ccc(Cl)cc2)c(F)c1. The number of hydrogen-bond acceptors (Lipinski definition) is 7. The summed E-state index contributed by atoms with van der Waals surface area (Å²) in [5, 5.41) is 0.378. The Morgan fingerprint density at radius 3 is 2.07 bits per heavy atom. The summed E-state index contributed by atoms with van der Waals surface area (Å²) < 4.78 is 62.9. The number of amides is 1. The average molecular weight is 628 g/mol. The second-order valence-corrected chi connectivity index (χ2v) is 11.9. The van der Waals surface area contributed by atoms with Crippen LogP contribution in [0.5, 0.6) is 11.5 Å². The Balaban J connectivity index is 1.36. The predicted molar refractivity (Wildman–Crippen MR) is 154 cm³/mol. The van der Waals surface area contributed by atoms with Crippen molar-refractivity contribution >= 4 is 33.5 Å². The first kappa shape index (κ1) is 30.1. The summed E-state index contributed by atoms with van der Waals surface area (Å²) in [6, 6.07) is 21.6. The summed E-state index contributed by atoms with van der Waals surface area (Å²) in [4.78, 5) is 30.7. The Morgan fingerprint density at radius 1 is 0.860 bits per heavy atom. The van der Waals surface area contributed by atoms with Gasteiger partial charge in [-0.3, -0.25) is 4.79 Å². The quantitative estimate of drug-likeness (QED) is 0.286. The molecule has 1 amide bonds. The molecule has 13 heteroatoms. The highest BCUT2D eigenvalue weighted by Crippen LogP contribution is 2.32. The van der Waals surface area contributed by atoms with Gasteiger partial charge in [0.15, 0.2) is 17.4 Å². The maximum Gasteiger partial charge on any atom is 0.344 e. The molecule has 4 aromatic carbocycles. The zero-order chi connectivity index (χ0) is 30.7. The molecule has 0 aliphatic carbocycles. The lowest BCUT2D eigenvalue weighted by Gasteiger charge is -2.38. The van der Waals surface area contributed by atoms with Crippen LogP contribution in [-0.2, 0) is 19.7 Å². The first-order chi connectivity index (χ1) is 20.6. The lowest BCUT2D eigenvalue weighted by atomic mass is 10.0. The number of ether oxygens (including phenoxy) is 1. The maximum atomic E-state index is 14.9. The number of hydrogen-bond donors (Lipinski definition) is 1. The summed E-state index contributed by atoms with van der Waals surface area (Å²) in [6.07, 6.45) is 0. The van der Waals surface area contributed by atoms with Gasteiger partial charge in [-0.2, -0.15) is 10.2 Å². The molecule has 0 bridgehead atoms. The van der Waals surface area contributed by atoms with Crippen LogP contribution in [0.2, 0.25) is 5.02 Å². The van der Waals surface area contributed by atoms with Crippen LogP contribution in [0.4, 0.5) is 8.78 Å². The molecule has 5 rings (SSSR count). The lowest BCUT2D eigenvalue weighted by molar-refractivity contribution is -0.150. The van der Waals surface area contributed by atoms with E-state index in [-0.39, 0.29) is 18.8 Å². The third kappa shape index (κ3) is 6.37. The van der Waals surface area contributed by atoms with E-state index in [0.29, 0.717) is 27.0 Å². The van der Waals surface area contributed by atoms with E-state index in [9.17, 15) is 26.8 Å². The number of rotatable bonds is 7. The summed E-state index contributed by atoms with van der Waals surface area (Å²) in [5.74, 6) is 0.140. The van der Waals surface area contributed by atoms with Gasteiger partial charge in [0.2, 0.25) is 10.0 Å². The number of piperazine rings is 1. The molecule has 1 aliphatic rings. The Kier molecular flexibility index (Phi) is 8.74. The topological polar surface area (TPSA) is 119 Å². The molecule has 0 unspecified atom stereocenters. The highest BCUT2D eigenvalue weighted by Gasteiger charge is 2.43. The second kappa shape index (κ2) is 12.5. The number of nitrogens with zero attached hydrogens (tertiary/aromatic N) is 2. The Morgan fingerprint density at radius 2 is 1.47 bits per heavy atom. The summed E-state index contributed by atoms with van der Waals surface area (Å²) in [5.41, 5.74) is 2.17. The van der Waals surface area contributed by atoms with Crippen molar-refractivity contribution in [3.05, 3.63) is 113 Å². The highest BCUT2D eigenvalue weighted by molar-refractivity contribution is 7.89. The molecule has 0 radical (unpaired) electrons. The van der Waals surface area contributed by atoms with Crippen molar-refractivity contribution in [1.29, 1.82) is 0 Å². The van der Waals surface area contributed by atoms with E-state index in [0.717, 1.165) is 11.1 Å². The molecule has 1 heterocycles. The van der Waals surface area contributed by atoms with Gasteiger partial charge in [0.05, 0.1) is 4.90 Å². The first-order valence-corrected chi connectivity index (χ1v) is 14.7. The van der Waals surface area contributed by atoms with Gasteiger partial charge >= 0.3 is 5.97 Å². The van der Waals surface area contributed by atoms with Crippen molar-refractivity contribution in [1.82, 2.24) is 9.21 Å². The van der Waals surface area contributed by atoms with Gasteiger partial charge in [0.25, 0.3) is 5.91 Å². The van der Waals surface area contributed by atoms with Crippen LogP contribution >= 0.6 is 11.6 Å². The minimum absolute atomic E-state index is 0.0686. The molecule has 1 fully saturated rings. The van der Waals surface area contributed by atoms with E-state index >= 15 is 0 Å². The zero-order valence-corrected chi connectivity index (χ0v) is 23.9. The number of sulfonamides is 1. The van der Waals surface area contributed by atoms with Gasteiger partial charge in [-0.15, -0.1) is 0 Å². The maximum absolute atomic E-state index is 14.9. The van der Waals surface area contributed by atoms with Crippen molar-refractivity contribution < 1.29 is 36.4 Å². The van der Waals surface area contributed by atoms with E-state index in [4.69, 9.17) is 22.2 Å². The fourth-order valence-electron chi connectivity index (χ4n) is 4.67. The van der Waals surface area contributed by atoms with Crippen molar-refractivity contribution in [2.45, 2.75) is 10.9 Å². The number of benzene rings is 4. The molecule has 0 saturated carbocycles. The van der Waals surface area contributed by atoms with Gasteiger partial charge in [-0.05, 0) is 59.7 Å². The first-order valence-electron chi connectivity index (χ1n) is 12.9. The Labute approximate surface area is 251 Å². The lowest BCUT2D eigenvalue weighted by Crippen LogP contribution is -2.59. The molecule has 1 aliphatic heterocycles. The van der Waals surface area contributed by atoms with Crippen molar-refractivity contribution in [3.8, 4) is 22.6 Å². The molecule has 9 nitrogen and oxygen atoms in total. The largest absolute Gasteiger partial charge is 0.451 e. The molecule has 2 N–H and O–H groups in total. The third-order valence-electron chi connectivity index (χ3n) is 6.86. The van der Waals surface area contributed by atoms with Gasteiger partial charge in [-0.25, -0.2) is 22.0 Å². The minimum Gasteiger partial charge on any atom is -0.451 e. The normalized spacial score (nSPS) is 15.6. The zero-order valence-electron chi connectivity index (χ0n) is 22.3. The van der Waals surface area contributed by atoms with Crippen molar-refractivity contribution in [3.63, 3.8) is 0 Å². The molecule has 1 atom stereocenters. The van der Waals surface area contributed by atoms with E-state index in [1.807, 2.05) is 30.3 Å². The smallest absolute Gasteiger partial charge is 0.344 e. The summed E-state index contributed by atoms with van der Waals surface area (Å²) in [6.45, 7) is -0.894. The molecule has 222 valence electrons. The van der Waals surface area contributed by atoms with Gasteiger partial charge in [0.1, 0.15) is 11.8 Å². The molecular formula is C30H24ClF2N3O6S. The van der Waals surface area contributed by atoms with Crippen LogP contribution < -0.4 is 10.6 Å². The second-order valence-electron chi connectivity index (χ2n) is 9.54. The summed E-state index contributed by atoms with van der Waals surface area (Å²) in [7, 11) is -4.67. The van der Waals surface area contributed by atoms with Crippen molar-refractivity contribution in [2.24, 2.45) is 5.90 Å². The molecule has 0 spiro atoms. The summed E-state index contributed by atoms with van der Waals surface area (Å²) >= 11 is 5.81. The van der Waals surface area contributed by atoms with Crippen LogP contribution in [0.1, 0.15) is 10.4 Å². The van der Waals surface area contributed by atoms with Gasteiger partial charge in [-0.1, -0.05) is 54.1 Å². The van der Waals surface area contributed by atoms with E-state index in [1.165, 1.54) is 29.2 Å². The van der Waals surface area contributed by atoms with E-state index < -0.39 is 56.8 Å². The van der Waals surface area contributed by atoms with Crippen LogP contribution in [0.15, 0.2) is 95.9 Å². The molecule has 43 heavy (non-hydrogen) atoms. The average Bonchev–Trinajstić information content (AvgIpc) is 3.03. The number of carbonyl (C=O) groups excluding carboxylic acids is 2. The monoisotopic (exact) mass is 627 g/mol. The van der Waals surface area contributed by atoms with Crippen LogP contribution in [0, 0.1) is 11.6 Å². The number of halogens is 3. The molecular weight excluding hydrogens is 604 g/mol. The number of carbonyl (C=O) groups is 2. The predicted octanol–water partition coefficient (Wildman–Crippen LogP) is 5.01. The standard InChI is InChI=1S/C30H24ClF2N3O6S/c31-22-10-12-23(13-11-22)41-28-25(32)16-24(17-26(28)33)43(39,40)36-15-14-35(18-27(36)30(38)42-34)29(37)21-8-6-20(7-9-21)19-4-2-1-3-5-19/h1-13,16-17,27H,14-15,18,34H2/t27-/m1/s1.